The average Bonchev–Trinajstić information content (AvgIpc) is 2.15. The molecule has 1 N–H and O–H groups in total. The van der Waals surface area contributed by atoms with E-state index in [9.17, 15) is 4.79 Å². The second kappa shape index (κ2) is 5.19. The molecule has 76 valence electrons. The lowest BCUT2D eigenvalue weighted by molar-refractivity contribution is -0.137. The van der Waals surface area contributed by atoms with Gasteiger partial charge in [0.25, 0.3) is 0 Å². The van der Waals surface area contributed by atoms with Crippen LogP contribution >= 0.6 is 0 Å². The van der Waals surface area contributed by atoms with Crippen molar-refractivity contribution in [1.29, 1.82) is 0 Å². The highest BCUT2D eigenvalue weighted by molar-refractivity contribution is 5.66. The van der Waals surface area contributed by atoms with E-state index in [0.717, 1.165) is 25.9 Å². The Bertz CT molecular complexity index is 172. The van der Waals surface area contributed by atoms with Gasteiger partial charge >= 0.3 is 5.97 Å². The quantitative estimate of drug-likeness (QED) is 0.699. The van der Waals surface area contributed by atoms with Crippen molar-refractivity contribution in [2.75, 3.05) is 26.7 Å². The zero-order chi connectivity index (χ0) is 9.68. The fourth-order valence-corrected chi connectivity index (χ4v) is 1.66. The highest BCUT2D eigenvalue weighted by Crippen LogP contribution is 2.12. The topological polar surface area (TPSA) is 49.8 Å². The summed E-state index contributed by atoms with van der Waals surface area (Å²) in [4.78, 5) is 12.5. The maximum atomic E-state index is 10.3. The lowest BCUT2D eigenvalue weighted by Crippen LogP contribution is -2.40. The SMILES string of the molecule is CO[C@H]1CCCN(CCC(=O)O)C1. The molecule has 4 heteroatoms. The molecule has 1 atom stereocenters. The van der Waals surface area contributed by atoms with Gasteiger partial charge in [-0.15, -0.1) is 0 Å². The Labute approximate surface area is 78.5 Å². The van der Waals surface area contributed by atoms with E-state index >= 15 is 0 Å². The summed E-state index contributed by atoms with van der Waals surface area (Å²) in [6.07, 6.45) is 2.73. The van der Waals surface area contributed by atoms with Crippen molar-refractivity contribution < 1.29 is 14.6 Å². The van der Waals surface area contributed by atoms with Gasteiger partial charge in [0.1, 0.15) is 0 Å². The van der Waals surface area contributed by atoms with E-state index in [0.29, 0.717) is 12.6 Å². The molecule has 1 fully saturated rings. The van der Waals surface area contributed by atoms with Gasteiger partial charge < -0.3 is 14.7 Å². The van der Waals surface area contributed by atoms with E-state index < -0.39 is 5.97 Å². The summed E-state index contributed by atoms with van der Waals surface area (Å²) in [5.41, 5.74) is 0. The Kier molecular flexibility index (Phi) is 4.18. The van der Waals surface area contributed by atoms with Gasteiger partial charge in [0, 0.05) is 20.2 Å². The van der Waals surface area contributed by atoms with Crippen molar-refractivity contribution in [3.63, 3.8) is 0 Å². The van der Waals surface area contributed by atoms with Crippen LogP contribution in [0.25, 0.3) is 0 Å². The standard InChI is InChI=1S/C9H17NO3/c1-13-8-3-2-5-10(7-8)6-4-9(11)12/h8H,2-7H2,1H3,(H,11,12)/t8-/m0/s1. The lowest BCUT2D eigenvalue weighted by Gasteiger charge is -2.31. The molecule has 13 heavy (non-hydrogen) atoms. The molecule has 0 spiro atoms. The van der Waals surface area contributed by atoms with Crippen LogP contribution in [0.1, 0.15) is 19.3 Å². The van der Waals surface area contributed by atoms with Crippen LogP contribution in [0.3, 0.4) is 0 Å². The van der Waals surface area contributed by atoms with Gasteiger partial charge in [-0.3, -0.25) is 4.79 Å². The minimum absolute atomic E-state index is 0.233. The van der Waals surface area contributed by atoms with Crippen LogP contribution in [-0.4, -0.2) is 48.8 Å². The number of piperidine rings is 1. The minimum Gasteiger partial charge on any atom is -0.481 e. The van der Waals surface area contributed by atoms with Crippen molar-refractivity contribution in [3.8, 4) is 0 Å². The first-order valence-electron chi connectivity index (χ1n) is 4.69. The van der Waals surface area contributed by atoms with Crippen molar-refractivity contribution in [1.82, 2.24) is 4.90 Å². The van der Waals surface area contributed by atoms with Crippen LogP contribution in [-0.2, 0) is 9.53 Å². The number of hydrogen-bond acceptors (Lipinski definition) is 3. The fourth-order valence-electron chi connectivity index (χ4n) is 1.66. The number of methoxy groups -OCH3 is 1. The second-order valence-electron chi connectivity index (χ2n) is 3.44. The summed E-state index contributed by atoms with van der Waals surface area (Å²) in [7, 11) is 1.71. The van der Waals surface area contributed by atoms with Crippen molar-refractivity contribution in [2.45, 2.75) is 25.4 Å². The Balaban J connectivity index is 2.21. The first kappa shape index (κ1) is 10.5. The van der Waals surface area contributed by atoms with Crippen LogP contribution < -0.4 is 0 Å². The summed E-state index contributed by atoms with van der Waals surface area (Å²) >= 11 is 0. The molecule has 4 nitrogen and oxygen atoms in total. The van der Waals surface area contributed by atoms with Gasteiger partial charge in [0.15, 0.2) is 0 Å². The molecule has 0 unspecified atom stereocenters. The van der Waals surface area contributed by atoms with Crippen molar-refractivity contribution in [2.24, 2.45) is 0 Å². The van der Waals surface area contributed by atoms with Crippen LogP contribution in [0.5, 0.6) is 0 Å². The number of ether oxygens (including phenoxy) is 1. The second-order valence-corrected chi connectivity index (χ2v) is 3.44. The van der Waals surface area contributed by atoms with Crippen molar-refractivity contribution in [3.05, 3.63) is 0 Å². The van der Waals surface area contributed by atoms with E-state index in [1.54, 1.807) is 7.11 Å². The van der Waals surface area contributed by atoms with E-state index in [-0.39, 0.29) is 6.42 Å². The van der Waals surface area contributed by atoms with Gasteiger partial charge in [-0.1, -0.05) is 0 Å². The van der Waals surface area contributed by atoms with E-state index in [1.807, 2.05) is 0 Å². The van der Waals surface area contributed by atoms with E-state index in [2.05, 4.69) is 4.90 Å². The summed E-state index contributed by atoms with van der Waals surface area (Å²) in [6, 6.07) is 0. The largest absolute Gasteiger partial charge is 0.481 e. The molecule has 0 amide bonds. The van der Waals surface area contributed by atoms with Crippen LogP contribution in [0.4, 0.5) is 0 Å². The fraction of sp³-hybridized carbons (Fsp3) is 0.889. The molecular formula is C9H17NO3. The predicted molar refractivity (Wildman–Crippen MR) is 48.7 cm³/mol. The van der Waals surface area contributed by atoms with Gasteiger partial charge in [-0.05, 0) is 19.4 Å². The third-order valence-corrected chi connectivity index (χ3v) is 2.44. The number of hydrogen-bond donors (Lipinski definition) is 1. The molecule has 1 saturated heterocycles. The molecule has 1 rings (SSSR count). The van der Waals surface area contributed by atoms with Gasteiger partial charge in [0.2, 0.25) is 0 Å². The Morgan fingerprint density at radius 2 is 2.46 bits per heavy atom. The number of aliphatic carboxylic acids is 1. The molecule has 1 heterocycles. The summed E-state index contributed by atoms with van der Waals surface area (Å²) in [5, 5.41) is 8.51. The number of nitrogens with zero attached hydrogens (tertiary/aromatic N) is 1. The number of rotatable bonds is 4. The normalized spacial score (nSPS) is 24.5. The predicted octanol–water partition coefficient (Wildman–Crippen LogP) is 0.572. The molecule has 1 aliphatic heterocycles. The monoisotopic (exact) mass is 187 g/mol. The maximum absolute atomic E-state index is 10.3. The Hall–Kier alpha value is -0.610. The molecule has 0 bridgehead atoms. The van der Waals surface area contributed by atoms with Crippen molar-refractivity contribution >= 4 is 5.97 Å². The highest BCUT2D eigenvalue weighted by atomic mass is 16.5. The summed E-state index contributed by atoms with van der Waals surface area (Å²) in [5.74, 6) is -0.723. The Morgan fingerprint density at radius 3 is 3.08 bits per heavy atom. The Morgan fingerprint density at radius 1 is 1.69 bits per heavy atom. The first-order valence-corrected chi connectivity index (χ1v) is 4.69. The molecule has 1 aliphatic rings. The summed E-state index contributed by atoms with van der Waals surface area (Å²) < 4.78 is 5.24. The summed E-state index contributed by atoms with van der Waals surface area (Å²) in [6.45, 7) is 2.53. The number of carboxylic acid groups (broad SMARTS) is 1. The lowest BCUT2D eigenvalue weighted by atomic mass is 10.1. The van der Waals surface area contributed by atoms with Gasteiger partial charge in [-0.25, -0.2) is 0 Å². The smallest absolute Gasteiger partial charge is 0.304 e. The van der Waals surface area contributed by atoms with Gasteiger partial charge in [0.05, 0.1) is 12.5 Å². The molecular weight excluding hydrogens is 170 g/mol. The van der Waals surface area contributed by atoms with E-state index in [1.165, 1.54) is 0 Å². The first-order chi connectivity index (χ1) is 6.22. The number of carbonyl (C=O) groups is 1. The third-order valence-electron chi connectivity index (χ3n) is 2.44. The molecule has 0 aromatic carbocycles. The average molecular weight is 187 g/mol. The zero-order valence-electron chi connectivity index (χ0n) is 8.03. The zero-order valence-corrected chi connectivity index (χ0v) is 8.03. The van der Waals surface area contributed by atoms with E-state index in [4.69, 9.17) is 9.84 Å². The number of likely N-dealkylation sites (tertiary alicyclic amines) is 1. The van der Waals surface area contributed by atoms with Gasteiger partial charge in [-0.2, -0.15) is 0 Å². The molecule has 0 saturated carbocycles. The molecule has 0 aromatic rings. The molecule has 0 aromatic heterocycles. The third kappa shape index (κ3) is 3.74. The molecule has 0 aliphatic carbocycles. The highest BCUT2D eigenvalue weighted by Gasteiger charge is 2.19. The minimum atomic E-state index is -0.723. The number of carboxylic acids is 1. The van der Waals surface area contributed by atoms with Crippen LogP contribution in [0, 0.1) is 0 Å². The van der Waals surface area contributed by atoms with Crippen LogP contribution in [0.15, 0.2) is 0 Å². The molecule has 0 radical (unpaired) electrons. The van der Waals surface area contributed by atoms with Crippen LogP contribution in [0.2, 0.25) is 0 Å². The maximum Gasteiger partial charge on any atom is 0.304 e.